The van der Waals surface area contributed by atoms with E-state index in [1.165, 1.54) is 6.07 Å². The molecule has 0 spiro atoms. The maximum Gasteiger partial charge on any atom is 0.490 e. The molecule has 7 N–H and O–H groups in total. The second-order valence-electron chi connectivity index (χ2n) is 22.0. The fraction of sp³-hybridized carbons (Fsp3) is 0.212. The van der Waals surface area contributed by atoms with Crippen molar-refractivity contribution < 1.29 is 70.1 Å². The summed E-state index contributed by atoms with van der Waals surface area (Å²) in [6.07, 6.45) is 0.0495. The van der Waals surface area contributed by atoms with Crippen LogP contribution in [0, 0.1) is 0 Å². The van der Waals surface area contributed by atoms with Gasteiger partial charge in [0, 0.05) is 82.9 Å². The molecular formula is C66H58BBr2F6N17O9. The van der Waals surface area contributed by atoms with Crippen LogP contribution in [0.15, 0.2) is 174 Å². The van der Waals surface area contributed by atoms with E-state index in [1.54, 1.807) is 91.8 Å². The van der Waals surface area contributed by atoms with Gasteiger partial charge in [0.15, 0.2) is 17.5 Å². The highest BCUT2D eigenvalue weighted by Gasteiger charge is 2.33. The van der Waals surface area contributed by atoms with E-state index >= 15 is 0 Å². The Morgan fingerprint density at radius 1 is 0.614 bits per heavy atom. The number of nitrogens with one attached hydrogen (secondary N) is 2. The van der Waals surface area contributed by atoms with E-state index in [-0.39, 0.29) is 30.1 Å². The minimum Gasteiger partial charge on any atom is -0.478 e. The lowest BCUT2D eigenvalue weighted by Gasteiger charge is -2.15. The van der Waals surface area contributed by atoms with Gasteiger partial charge in [-0.15, -0.1) is 30.6 Å². The van der Waals surface area contributed by atoms with Crippen LogP contribution in [0.3, 0.4) is 0 Å². The highest BCUT2D eigenvalue weighted by atomic mass is 79.9. The molecule has 520 valence electrons. The lowest BCUT2D eigenvalue weighted by atomic mass is 9.82. The van der Waals surface area contributed by atoms with E-state index in [9.17, 15) is 45.8 Å². The lowest BCUT2D eigenvalue weighted by Crippen LogP contribution is -2.30. The molecule has 35 heteroatoms. The number of nitrogens with two attached hydrogens (primary N) is 1. The third-order valence-corrected chi connectivity index (χ3v) is 15.8. The minimum atomic E-state index is -4.53. The smallest absolute Gasteiger partial charge is 0.478 e. The standard InChI is InChI=1S/C24H19F3N6O2.C18H18BrN5O3.C18H16BrN5O2.C6H5BF3NO2/c25-24(26,27)20-8-7-16(12-28-20)15-5-6-17-13-35-10-2-9-33-14-29-32-22(33)19-3-1-4-21(30-19)31-23(34)18(17)11-15;19-13-6-5-12(14(9-13)18(25)26)10-27-8-2-7-24-11-21-23-17(24)15-3-1-4-16(20)22-15;19-13-6-5-12-10-26-8-2-7-24-11-20-23-17(24)15-3-1-4-16(21-15)22-18(25)14(12)9-13;8-6(9,10)5-2-1-4(3-11-5)7(12)13/h1,3-8,11-12,14H,2,9-10,13H2,(H,30,31,34);1,3-6,9,11H,2,7-8,10H2,(H2,20,22)(H,25,26);1,3-6,9,11H,2,7-8,10H2,(H,21,22,25);1-3,12-13H. The molecule has 0 saturated carbocycles. The van der Waals surface area contributed by atoms with Crippen LogP contribution >= 0.6 is 31.9 Å². The molecule has 0 atom stereocenters. The minimum absolute atomic E-state index is 0.0759. The first-order valence-corrected chi connectivity index (χ1v) is 32.2. The Bertz CT molecular complexity index is 4670. The van der Waals surface area contributed by atoms with Gasteiger partial charge in [-0.05, 0) is 120 Å². The van der Waals surface area contributed by atoms with Gasteiger partial charge in [-0.3, -0.25) is 19.6 Å². The molecule has 10 heterocycles. The zero-order valence-corrected chi connectivity index (χ0v) is 56.0. The first-order valence-electron chi connectivity index (χ1n) is 30.6. The summed E-state index contributed by atoms with van der Waals surface area (Å²) in [6.45, 7) is 4.29. The van der Waals surface area contributed by atoms with Crippen molar-refractivity contribution in [1.82, 2.24) is 69.2 Å². The van der Waals surface area contributed by atoms with Crippen LogP contribution in [0.1, 0.15) is 78.4 Å². The molecule has 101 heavy (non-hydrogen) atoms. The normalized spacial score (nSPS) is 13.2. The fourth-order valence-corrected chi connectivity index (χ4v) is 10.6. The van der Waals surface area contributed by atoms with Gasteiger partial charge in [-0.1, -0.05) is 86.5 Å². The molecule has 4 bridgehead atoms. The second-order valence-corrected chi connectivity index (χ2v) is 23.8. The third kappa shape index (κ3) is 20.1. The zero-order chi connectivity index (χ0) is 71.6. The topological polar surface area (TPSA) is 346 Å². The Morgan fingerprint density at radius 2 is 1.14 bits per heavy atom. The monoisotopic (exact) mass is 1520 g/mol. The summed E-state index contributed by atoms with van der Waals surface area (Å²) in [6, 6.07) is 35.7. The van der Waals surface area contributed by atoms with Gasteiger partial charge in [-0.25, -0.2) is 19.7 Å². The molecule has 8 aromatic heterocycles. The van der Waals surface area contributed by atoms with Crippen molar-refractivity contribution in [3.05, 3.63) is 219 Å². The number of amides is 2. The Hall–Kier alpha value is -10.6. The Labute approximate surface area is 587 Å². The maximum atomic E-state index is 13.2. The molecule has 26 nitrogen and oxygen atoms in total. The van der Waals surface area contributed by atoms with E-state index in [2.05, 4.69) is 98.0 Å². The number of anilines is 3. The first-order chi connectivity index (χ1) is 48.5. The van der Waals surface area contributed by atoms with Crippen molar-refractivity contribution in [3.8, 4) is 45.7 Å². The summed E-state index contributed by atoms with van der Waals surface area (Å²) in [5.74, 6) is 1.48. The van der Waals surface area contributed by atoms with Gasteiger partial charge < -0.3 is 59.4 Å². The van der Waals surface area contributed by atoms with E-state index in [1.807, 2.05) is 50.1 Å². The average molecular weight is 1520 g/mol. The number of rotatable bonds is 10. The number of fused-ring (bicyclic) bond motifs is 10. The van der Waals surface area contributed by atoms with Crippen molar-refractivity contribution in [3.63, 3.8) is 0 Å². The summed E-state index contributed by atoms with van der Waals surface area (Å²) in [7, 11) is -1.80. The Balaban J connectivity index is 0.000000152. The summed E-state index contributed by atoms with van der Waals surface area (Å²) in [4.78, 5) is 57.1. The third-order valence-electron chi connectivity index (χ3n) is 14.9. The largest absolute Gasteiger partial charge is 0.490 e. The number of hydrogen-bond donors (Lipinski definition) is 6. The second kappa shape index (κ2) is 34.0. The Kier molecular flexibility index (Phi) is 24.6. The number of aromatic carboxylic acids is 1. The number of benzene rings is 3. The van der Waals surface area contributed by atoms with Crippen LogP contribution in [0.4, 0.5) is 43.8 Å². The van der Waals surface area contributed by atoms with Gasteiger partial charge in [-0.2, -0.15) is 26.3 Å². The highest BCUT2D eigenvalue weighted by Crippen LogP contribution is 2.32. The summed E-state index contributed by atoms with van der Waals surface area (Å²) < 4.78 is 98.9. The van der Waals surface area contributed by atoms with E-state index in [4.69, 9.17) is 30.0 Å². The molecule has 0 aliphatic carbocycles. The predicted octanol–water partition coefficient (Wildman–Crippen LogP) is 10.6. The molecule has 13 rings (SSSR count). The van der Waals surface area contributed by atoms with Gasteiger partial charge in [0.1, 0.15) is 64.9 Å². The molecule has 0 radical (unpaired) electrons. The number of carbonyl (C=O) groups is 3. The van der Waals surface area contributed by atoms with Gasteiger partial charge in [0.2, 0.25) is 0 Å². The quantitative estimate of drug-likeness (QED) is 0.0421. The van der Waals surface area contributed by atoms with Crippen LogP contribution in [0.5, 0.6) is 0 Å². The van der Waals surface area contributed by atoms with E-state index in [0.717, 1.165) is 52.0 Å². The molecule has 0 fully saturated rings. The van der Waals surface area contributed by atoms with Crippen LogP contribution in [0.25, 0.3) is 45.7 Å². The number of carboxylic acids is 1. The number of pyridine rings is 5. The van der Waals surface area contributed by atoms with E-state index in [0.29, 0.717) is 144 Å². The molecule has 0 saturated heterocycles. The number of aryl methyl sites for hydroxylation is 3. The van der Waals surface area contributed by atoms with Crippen LogP contribution < -0.4 is 21.8 Å². The molecule has 3 aromatic carbocycles. The zero-order valence-electron chi connectivity index (χ0n) is 52.8. The number of alkyl halides is 6. The number of nitrogen functional groups attached to an aromatic ring is 1. The summed E-state index contributed by atoms with van der Waals surface area (Å²) in [5, 5.41) is 56.3. The van der Waals surface area contributed by atoms with E-state index < -0.39 is 42.7 Å². The predicted molar refractivity (Wildman–Crippen MR) is 362 cm³/mol. The van der Waals surface area contributed by atoms with Crippen LogP contribution in [-0.2, 0) is 66.0 Å². The van der Waals surface area contributed by atoms with Gasteiger partial charge >= 0.3 is 25.4 Å². The Morgan fingerprint density at radius 3 is 1.69 bits per heavy atom. The molecular weight excluding hydrogens is 1460 g/mol. The SMILES string of the molecule is Nc1cccc(-c2nncn2CCCOCc2ccc(Br)cc2C(=O)O)n1.O=C1Nc2cccc(n2)-c2nncn2CCCOCc2ccc(-c3ccc(C(F)(F)F)nc3)cc21.O=C1Nc2cccc(n2)-c2nncn2CCCOCc2ccc(Br)cc21.OB(O)c1ccc(C(F)(F)F)nc1. The number of ether oxygens (including phenoxy) is 3. The van der Waals surface area contributed by atoms with Crippen molar-refractivity contribution >= 4 is 79.7 Å². The molecule has 2 amide bonds. The van der Waals surface area contributed by atoms with Crippen LogP contribution in [0.2, 0.25) is 0 Å². The number of hydrogen-bond acceptors (Lipinski definition) is 20. The summed E-state index contributed by atoms with van der Waals surface area (Å²) >= 11 is 6.70. The fourth-order valence-electron chi connectivity index (χ4n) is 9.92. The van der Waals surface area contributed by atoms with Gasteiger partial charge in [0.25, 0.3) is 11.8 Å². The number of carbonyl (C=O) groups excluding carboxylic acids is 2. The lowest BCUT2D eigenvalue weighted by molar-refractivity contribution is -0.141. The highest BCUT2D eigenvalue weighted by molar-refractivity contribution is 9.10. The van der Waals surface area contributed by atoms with Crippen molar-refractivity contribution in [2.45, 2.75) is 71.1 Å². The molecule has 2 aliphatic rings. The number of aromatic nitrogens is 14. The number of halogens is 8. The van der Waals surface area contributed by atoms with Crippen LogP contribution in [-0.4, -0.2) is 129 Å². The molecule has 11 aromatic rings. The molecule has 2 aliphatic heterocycles. The van der Waals surface area contributed by atoms with Crippen molar-refractivity contribution in [1.29, 1.82) is 0 Å². The van der Waals surface area contributed by atoms with Gasteiger partial charge in [0.05, 0.1) is 25.4 Å². The number of nitrogens with zero attached hydrogens (tertiary/aromatic N) is 14. The average Bonchev–Trinajstić information content (AvgIpc) is 1.54. The maximum absolute atomic E-state index is 13.2. The first kappa shape index (κ1) is 73.2. The molecule has 0 unspecified atom stereocenters. The van der Waals surface area contributed by atoms with Crippen molar-refractivity contribution in [2.24, 2.45) is 0 Å². The summed E-state index contributed by atoms with van der Waals surface area (Å²) in [5.41, 5.74) is 9.73. The number of carboxylic acid groups (broad SMARTS) is 1. The van der Waals surface area contributed by atoms with Crippen molar-refractivity contribution in [2.75, 3.05) is 36.2 Å².